The highest BCUT2D eigenvalue weighted by atomic mass is 35.5. The maximum Gasteiger partial charge on any atom is 0.492 e. The van der Waals surface area contributed by atoms with Crippen molar-refractivity contribution in [2.75, 3.05) is 11.5 Å². The van der Waals surface area contributed by atoms with Crippen LogP contribution in [0.25, 0.3) is 11.1 Å². The van der Waals surface area contributed by atoms with E-state index in [-0.39, 0.29) is 17.4 Å². The first kappa shape index (κ1) is 24.1. The van der Waals surface area contributed by atoms with Crippen LogP contribution in [0, 0.1) is 0 Å². The third-order valence-corrected chi connectivity index (χ3v) is 10.3. The van der Waals surface area contributed by atoms with E-state index < -0.39 is 17.6 Å². The van der Waals surface area contributed by atoms with Crippen molar-refractivity contribution in [3.8, 4) is 22.6 Å². The highest BCUT2D eigenvalue weighted by molar-refractivity contribution is 8.55. The molecule has 0 aromatic heterocycles. The van der Waals surface area contributed by atoms with E-state index in [0.29, 0.717) is 38.8 Å². The number of alkyl halides is 1. The zero-order valence-corrected chi connectivity index (χ0v) is 21.4. The summed E-state index contributed by atoms with van der Waals surface area (Å²) in [6.07, 6.45) is 0. The third kappa shape index (κ3) is 4.92. The summed E-state index contributed by atoms with van der Waals surface area (Å²) < 4.78 is 38.4. The van der Waals surface area contributed by atoms with E-state index in [1.54, 1.807) is 49.4 Å². The van der Waals surface area contributed by atoms with Crippen molar-refractivity contribution in [1.82, 2.24) is 0 Å². The van der Waals surface area contributed by atoms with Gasteiger partial charge in [-0.2, -0.15) is 0 Å². The fourth-order valence-electron chi connectivity index (χ4n) is 3.60. The quantitative estimate of drug-likeness (QED) is 0.173. The molecule has 5 nitrogen and oxygen atoms in total. The van der Waals surface area contributed by atoms with E-state index in [4.69, 9.17) is 20.6 Å². The summed E-state index contributed by atoms with van der Waals surface area (Å²) in [4.78, 5) is 13.4. The number of hydrogen-bond donors (Lipinski definition) is 0. The predicted octanol–water partition coefficient (Wildman–Crippen LogP) is 7.08. The Morgan fingerprint density at radius 3 is 2.39 bits per heavy atom. The second-order valence-electron chi connectivity index (χ2n) is 7.18. The number of carbonyl (C=O) groups excluding carboxylic acids is 1. The summed E-state index contributed by atoms with van der Waals surface area (Å²) in [5.74, 6) is 1.44. The van der Waals surface area contributed by atoms with Crippen LogP contribution in [-0.4, -0.2) is 21.5 Å². The van der Waals surface area contributed by atoms with Gasteiger partial charge in [0.25, 0.3) is 0 Å². The molecule has 0 spiro atoms. The number of fused-ring (bicyclic) bond motifs is 3. The maximum absolute atomic E-state index is 13.7. The van der Waals surface area contributed by atoms with Crippen molar-refractivity contribution < 1.29 is 22.6 Å². The summed E-state index contributed by atoms with van der Waals surface area (Å²) in [5.41, 5.74) is 3.32. The summed E-state index contributed by atoms with van der Waals surface area (Å²) in [5, 5.41) is 0. The third-order valence-electron chi connectivity index (χ3n) is 5.07. The van der Waals surface area contributed by atoms with Crippen molar-refractivity contribution in [1.29, 1.82) is 0 Å². The van der Waals surface area contributed by atoms with Gasteiger partial charge < -0.3 is 9.05 Å². The first-order valence-corrected chi connectivity index (χ1v) is 15.4. The predicted molar refractivity (Wildman–Crippen MR) is 135 cm³/mol. The largest absolute Gasteiger partial charge is 0.492 e. The highest BCUT2D eigenvalue weighted by Crippen LogP contribution is 2.60. The van der Waals surface area contributed by atoms with Crippen LogP contribution in [0.4, 0.5) is 0 Å². The lowest BCUT2D eigenvalue weighted by Crippen LogP contribution is -2.05. The Bertz CT molecular complexity index is 1290. The Morgan fingerprint density at radius 2 is 1.70 bits per heavy atom. The topological polar surface area (TPSA) is 69.7 Å². The second kappa shape index (κ2) is 10.1. The molecule has 0 amide bonds. The van der Waals surface area contributed by atoms with Gasteiger partial charge in [0.2, 0.25) is 0 Å². The molecule has 9 heteroatoms. The molecular formula is C24H22ClO5PS2. The van der Waals surface area contributed by atoms with E-state index in [0.717, 1.165) is 22.5 Å². The van der Waals surface area contributed by atoms with E-state index in [9.17, 15) is 13.6 Å². The van der Waals surface area contributed by atoms with Crippen LogP contribution in [0.1, 0.15) is 35.3 Å². The molecule has 172 valence electrons. The molecule has 2 unspecified atom stereocenters. The van der Waals surface area contributed by atoms with E-state index in [2.05, 4.69) is 0 Å². The summed E-state index contributed by atoms with van der Waals surface area (Å²) in [6, 6.07) is 17.5. The van der Waals surface area contributed by atoms with Crippen molar-refractivity contribution in [2.24, 2.45) is 0 Å². The molecule has 33 heavy (non-hydrogen) atoms. The van der Waals surface area contributed by atoms with Crippen molar-refractivity contribution >= 4 is 46.4 Å². The zero-order chi connectivity index (χ0) is 23.6. The summed E-state index contributed by atoms with van der Waals surface area (Å²) in [6.45, 7) is -0.128. The van der Waals surface area contributed by atoms with Gasteiger partial charge in [-0.25, -0.2) is 4.57 Å². The normalized spacial score (nSPS) is 14.8. The molecule has 1 aliphatic rings. The molecule has 0 radical (unpaired) electrons. The van der Waals surface area contributed by atoms with Gasteiger partial charge in [0.15, 0.2) is 5.78 Å². The molecule has 2 atom stereocenters. The summed E-state index contributed by atoms with van der Waals surface area (Å²) >= 11 is 6.94. The molecule has 3 aromatic carbocycles. The van der Waals surface area contributed by atoms with Gasteiger partial charge in [-0.15, -0.1) is 11.6 Å². The van der Waals surface area contributed by atoms with Crippen LogP contribution >= 0.6 is 29.8 Å². The van der Waals surface area contributed by atoms with Gasteiger partial charge in [0.1, 0.15) is 11.5 Å². The Hall–Kier alpha value is -2.05. The number of halogens is 1. The molecular weight excluding hydrogens is 499 g/mol. The number of hydrogen-bond acceptors (Lipinski definition) is 6. The minimum atomic E-state index is -3.76. The van der Waals surface area contributed by atoms with Gasteiger partial charge in [0.05, 0.1) is 15.7 Å². The van der Waals surface area contributed by atoms with Gasteiger partial charge in [-0.1, -0.05) is 50.2 Å². The van der Waals surface area contributed by atoms with Crippen LogP contribution in [0.2, 0.25) is 0 Å². The molecule has 3 aromatic rings. The van der Waals surface area contributed by atoms with Crippen molar-refractivity contribution in [3.05, 3.63) is 77.4 Å². The SMILES string of the molecule is CCSP(=O)(Oc1cccc(CCl)c1)Oc1cc2c(cc1S(=O)CC)-c1ccccc1C2=O. The molecule has 0 heterocycles. The first-order chi connectivity index (χ1) is 15.9. The number of carbonyl (C=O) groups is 1. The van der Waals surface area contributed by atoms with Crippen LogP contribution < -0.4 is 9.05 Å². The monoisotopic (exact) mass is 520 g/mol. The van der Waals surface area contributed by atoms with Gasteiger partial charge in [-0.3, -0.25) is 9.00 Å². The Labute approximate surface area is 204 Å². The fraction of sp³-hybridized carbons (Fsp3) is 0.208. The van der Waals surface area contributed by atoms with E-state index >= 15 is 0 Å². The molecule has 0 fully saturated rings. The molecule has 4 rings (SSSR count). The molecule has 1 aliphatic carbocycles. The van der Waals surface area contributed by atoms with Gasteiger partial charge in [-0.05, 0) is 52.3 Å². The first-order valence-electron chi connectivity index (χ1n) is 10.4. The molecule has 0 bridgehead atoms. The molecule has 0 saturated carbocycles. The Balaban J connectivity index is 1.77. The van der Waals surface area contributed by atoms with E-state index in [1.165, 1.54) is 0 Å². The smallest absolute Gasteiger partial charge is 0.408 e. The van der Waals surface area contributed by atoms with Crippen molar-refractivity contribution in [3.63, 3.8) is 0 Å². The lowest BCUT2D eigenvalue weighted by atomic mass is 10.1. The van der Waals surface area contributed by atoms with Crippen LogP contribution in [-0.2, 0) is 21.2 Å². The number of ketones is 1. The van der Waals surface area contributed by atoms with Gasteiger partial charge in [0, 0.05) is 28.5 Å². The standard InChI is InChI=1S/C24H22ClO5PS2/c1-3-32-31(27,29-17-9-7-8-16(12-17)15-25)30-22-13-21-20(14-23(22)33(28)4-2)18-10-5-6-11-19(18)24(21)26/h5-14H,3-4,15H2,1-2H3. The molecule has 0 N–H and O–H groups in total. The number of benzene rings is 3. The zero-order valence-electron chi connectivity index (χ0n) is 18.1. The Kier molecular flexibility index (Phi) is 7.34. The molecule has 0 aliphatic heterocycles. The highest BCUT2D eigenvalue weighted by Gasteiger charge is 2.34. The second-order valence-corrected chi connectivity index (χ2v) is 13.4. The van der Waals surface area contributed by atoms with Crippen LogP contribution in [0.5, 0.6) is 11.5 Å². The van der Waals surface area contributed by atoms with Crippen molar-refractivity contribution in [2.45, 2.75) is 24.6 Å². The minimum absolute atomic E-state index is 0.132. The average molecular weight is 521 g/mol. The minimum Gasteiger partial charge on any atom is -0.408 e. The fourth-order valence-corrected chi connectivity index (χ4v) is 7.70. The summed E-state index contributed by atoms with van der Waals surface area (Å²) in [7, 11) is -1.41. The lowest BCUT2D eigenvalue weighted by Gasteiger charge is -2.21. The average Bonchev–Trinajstić information content (AvgIpc) is 3.09. The van der Waals surface area contributed by atoms with E-state index in [1.807, 2.05) is 25.1 Å². The maximum atomic E-state index is 13.7. The lowest BCUT2D eigenvalue weighted by molar-refractivity contribution is 0.104. The van der Waals surface area contributed by atoms with Gasteiger partial charge >= 0.3 is 6.80 Å². The molecule has 0 saturated heterocycles. The Morgan fingerprint density at radius 1 is 0.939 bits per heavy atom. The van der Waals surface area contributed by atoms with Crippen LogP contribution in [0.15, 0.2) is 65.6 Å². The number of rotatable bonds is 9. The van der Waals surface area contributed by atoms with Crippen LogP contribution in [0.3, 0.4) is 0 Å².